The van der Waals surface area contributed by atoms with Gasteiger partial charge in [0.1, 0.15) is 0 Å². The number of ketones is 1. The molecule has 0 atom stereocenters. The summed E-state index contributed by atoms with van der Waals surface area (Å²) in [5.41, 5.74) is 4.49. The number of benzene rings is 2. The second-order valence-electron chi connectivity index (χ2n) is 4.74. The van der Waals surface area contributed by atoms with Gasteiger partial charge in [-0.1, -0.05) is 42.5 Å². The van der Waals surface area contributed by atoms with Gasteiger partial charge < -0.3 is 4.98 Å². The average molecular weight is 245 g/mol. The van der Waals surface area contributed by atoms with Gasteiger partial charge in [-0.15, -0.1) is 0 Å². The number of Topliss-reactive ketones (excluding diaryl/α,β-unsaturated/α-hetero) is 1. The Morgan fingerprint density at radius 2 is 1.68 bits per heavy atom. The molecule has 1 aromatic heterocycles. The second kappa shape index (κ2) is 3.69. The van der Waals surface area contributed by atoms with Crippen LogP contribution in [-0.4, -0.2) is 10.8 Å². The Hall–Kier alpha value is -2.61. The molecule has 0 aliphatic heterocycles. The van der Waals surface area contributed by atoms with E-state index in [1.165, 1.54) is 0 Å². The first-order valence-electron chi connectivity index (χ1n) is 6.26. The fourth-order valence-electron chi connectivity index (χ4n) is 2.61. The molecule has 2 heteroatoms. The van der Waals surface area contributed by atoms with Crippen LogP contribution < -0.4 is 0 Å². The minimum atomic E-state index is 0.0992. The number of aromatic amines is 1. The Balaban J connectivity index is 1.89. The summed E-state index contributed by atoms with van der Waals surface area (Å²) in [7, 11) is 0. The van der Waals surface area contributed by atoms with Crippen LogP contribution in [0.25, 0.3) is 22.6 Å². The van der Waals surface area contributed by atoms with Gasteiger partial charge >= 0.3 is 0 Å². The summed E-state index contributed by atoms with van der Waals surface area (Å²) in [5, 5.41) is 1.13. The Kier molecular flexibility index (Phi) is 2.00. The van der Waals surface area contributed by atoms with Crippen molar-refractivity contribution in [1.29, 1.82) is 0 Å². The maximum atomic E-state index is 12.4. The van der Waals surface area contributed by atoms with E-state index in [1.54, 1.807) is 0 Å². The summed E-state index contributed by atoms with van der Waals surface area (Å²) in [6.07, 6.45) is 1.96. The van der Waals surface area contributed by atoms with E-state index >= 15 is 0 Å². The molecular weight excluding hydrogens is 234 g/mol. The van der Waals surface area contributed by atoms with Crippen LogP contribution in [0.3, 0.4) is 0 Å². The SMILES string of the molecule is O=C1C(c2cc3ccccc3[nH]2)=Cc2ccccc21. The van der Waals surface area contributed by atoms with Crippen LogP contribution in [0.15, 0.2) is 54.6 Å². The van der Waals surface area contributed by atoms with Crippen LogP contribution in [0, 0.1) is 0 Å². The van der Waals surface area contributed by atoms with Crippen molar-refractivity contribution in [3.05, 3.63) is 71.4 Å². The Morgan fingerprint density at radius 1 is 0.895 bits per heavy atom. The fourth-order valence-corrected chi connectivity index (χ4v) is 2.61. The summed E-state index contributed by atoms with van der Waals surface area (Å²) in [6, 6.07) is 17.8. The predicted octanol–water partition coefficient (Wildman–Crippen LogP) is 3.90. The van der Waals surface area contributed by atoms with Crippen LogP contribution in [0.5, 0.6) is 0 Å². The molecule has 19 heavy (non-hydrogen) atoms. The molecule has 0 radical (unpaired) electrons. The highest BCUT2D eigenvalue weighted by Crippen LogP contribution is 2.32. The van der Waals surface area contributed by atoms with Crippen molar-refractivity contribution < 1.29 is 4.79 Å². The van der Waals surface area contributed by atoms with Crippen molar-refractivity contribution in [3.63, 3.8) is 0 Å². The summed E-state index contributed by atoms with van der Waals surface area (Å²) in [5.74, 6) is 0.0992. The van der Waals surface area contributed by atoms with Gasteiger partial charge in [-0.2, -0.15) is 0 Å². The first-order chi connectivity index (χ1) is 9.33. The molecule has 0 amide bonds. The standard InChI is InChI=1S/C17H11NO/c19-17-13-7-3-1-5-11(13)9-14(17)16-10-12-6-2-4-8-15(12)18-16/h1-10,18H. The van der Waals surface area contributed by atoms with Gasteiger partial charge in [0, 0.05) is 22.0 Å². The van der Waals surface area contributed by atoms with E-state index in [4.69, 9.17) is 0 Å². The van der Waals surface area contributed by atoms with Crippen LogP contribution in [0.2, 0.25) is 0 Å². The van der Waals surface area contributed by atoms with Gasteiger partial charge in [0.05, 0.1) is 5.69 Å². The molecule has 90 valence electrons. The summed E-state index contributed by atoms with van der Waals surface area (Å²) >= 11 is 0. The van der Waals surface area contributed by atoms with E-state index in [2.05, 4.69) is 4.98 Å². The molecule has 0 saturated carbocycles. The summed E-state index contributed by atoms with van der Waals surface area (Å²) in [4.78, 5) is 15.7. The zero-order valence-electron chi connectivity index (χ0n) is 10.2. The number of rotatable bonds is 1. The minimum Gasteiger partial charge on any atom is -0.354 e. The number of carbonyl (C=O) groups is 1. The van der Waals surface area contributed by atoms with E-state index in [0.29, 0.717) is 0 Å². The van der Waals surface area contributed by atoms with Crippen molar-refractivity contribution in [1.82, 2.24) is 4.98 Å². The maximum absolute atomic E-state index is 12.4. The smallest absolute Gasteiger partial charge is 0.195 e. The third-order valence-electron chi connectivity index (χ3n) is 3.57. The number of allylic oxidation sites excluding steroid dienone is 1. The molecule has 1 aliphatic carbocycles. The maximum Gasteiger partial charge on any atom is 0.195 e. The highest BCUT2D eigenvalue weighted by molar-refractivity contribution is 6.37. The molecule has 3 aromatic rings. The van der Waals surface area contributed by atoms with Crippen LogP contribution >= 0.6 is 0 Å². The number of fused-ring (bicyclic) bond motifs is 2. The number of para-hydroxylation sites is 1. The number of hydrogen-bond donors (Lipinski definition) is 1. The molecule has 1 heterocycles. The molecule has 4 rings (SSSR count). The molecule has 0 unspecified atom stereocenters. The molecule has 0 spiro atoms. The Labute approximate surface area is 110 Å². The van der Waals surface area contributed by atoms with Crippen molar-refractivity contribution in [2.75, 3.05) is 0 Å². The number of hydrogen-bond acceptors (Lipinski definition) is 1. The lowest BCUT2D eigenvalue weighted by Crippen LogP contribution is -1.97. The largest absolute Gasteiger partial charge is 0.354 e. The lowest BCUT2D eigenvalue weighted by atomic mass is 10.1. The van der Waals surface area contributed by atoms with Gasteiger partial charge in [-0.25, -0.2) is 0 Å². The van der Waals surface area contributed by atoms with Crippen LogP contribution in [0.4, 0.5) is 0 Å². The third kappa shape index (κ3) is 1.47. The number of aromatic nitrogens is 1. The van der Waals surface area contributed by atoms with Crippen molar-refractivity contribution >= 4 is 28.3 Å². The topological polar surface area (TPSA) is 32.9 Å². The molecule has 1 aliphatic rings. The molecule has 1 N–H and O–H groups in total. The van der Waals surface area contributed by atoms with Gasteiger partial charge in [-0.05, 0) is 23.8 Å². The molecule has 0 fully saturated rings. The Morgan fingerprint density at radius 3 is 2.53 bits per heavy atom. The monoisotopic (exact) mass is 245 g/mol. The van der Waals surface area contributed by atoms with Crippen molar-refractivity contribution in [2.45, 2.75) is 0 Å². The Bertz CT molecular complexity index is 806. The molecule has 2 nitrogen and oxygen atoms in total. The first-order valence-corrected chi connectivity index (χ1v) is 6.26. The quantitative estimate of drug-likeness (QED) is 0.692. The van der Waals surface area contributed by atoms with Crippen molar-refractivity contribution in [2.24, 2.45) is 0 Å². The van der Waals surface area contributed by atoms with Crippen molar-refractivity contribution in [3.8, 4) is 0 Å². The molecule has 0 saturated heterocycles. The van der Waals surface area contributed by atoms with E-state index in [0.717, 1.165) is 33.3 Å². The fraction of sp³-hybridized carbons (Fsp3) is 0. The van der Waals surface area contributed by atoms with Crippen LogP contribution in [0.1, 0.15) is 21.6 Å². The van der Waals surface area contributed by atoms with Gasteiger partial charge in [0.15, 0.2) is 5.78 Å². The van der Waals surface area contributed by atoms with Crippen LogP contribution in [-0.2, 0) is 0 Å². The zero-order chi connectivity index (χ0) is 12.8. The van der Waals surface area contributed by atoms with E-state index in [-0.39, 0.29) is 5.78 Å². The lowest BCUT2D eigenvalue weighted by molar-refractivity contribution is 0.105. The highest BCUT2D eigenvalue weighted by Gasteiger charge is 2.24. The van der Waals surface area contributed by atoms with Gasteiger partial charge in [-0.3, -0.25) is 4.79 Å². The van der Waals surface area contributed by atoms with Gasteiger partial charge in [0.25, 0.3) is 0 Å². The van der Waals surface area contributed by atoms with Gasteiger partial charge in [0.2, 0.25) is 0 Å². The molecule has 2 aromatic carbocycles. The zero-order valence-corrected chi connectivity index (χ0v) is 10.2. The number of H-pyrrole nitrogens is 1. The first kappa shape index (κ1) is 10.3. The normalized spacial score (nSPS) is 13.7. The predicted molar refractivity (Wildman–Crippen MR) is 76.9 cm³/mol. The minimum absolute atomic E-state index is 0.0992. The molecular formula is C17H11NO. The summed E-state index contributed by atoms with van der Waals surface area (Å²) < 4.78 is 0. The number of nitrogens with one attached hydrogen (secondary N) is 1. The second-order valence-corrected chi connectivity index (χ2v) is 4.74. The summed E-state index contributed by atoms with van der Waals surface area (Å²) in [6.45, 7) is 0. The average Bonchev–Trinajstić information content (AvgIpc) is 3.00. The third-order valence-corrected chi connectivity index (χ3v) is 3.57. The highest BCUT2D eigenvalue weighted by atomic mass is 16.1. The van der Waals surface area contributed by atoms with E-state index < -0.39 is 0 Å². The van der Waals surface area contributed by atoms with E-state index in [1.807, 2.05) is 60.7 Å². The van der Waals surface area contributed by atoms with E-state index in [9.17, 15) is 4.79 Å². The molecule has 0 bridgehead atoms. The number of carbonyl (C=O) groups excluding carboxylic acids is 1. The lowest BCUT2D eigenvalue weighted by Gasteiger charge is -1.97.